The third-order valence-corrected chi connectivity index (χ3v) is 5.07. The van der Waals surface area contributed by atoms with Crippen LogP contribution in [0.1, 0.15) is 25.3 Å². The molecule has 1 unspecified atom stereocenters. The van der Waals surface area contributed by atoms with E-state index < -0.39 is 0 Å². The molecule has 0 amide bonds. The average Bonchev–Trinajstić information content (AvgIpc) is 2.65. The zero-order valence-corrected chi connectivity index (χ0v) is 16.4. The molecule has 1 saturated heterocycles. The van der Waals surface area contributed by atoms with Crippen LogP contribution in [0.15, 0.2) is 35.3 Å². The Bertz CT molecular complexity index is 787. The van der Waals surface area contributed by atoms with Crippen molar-refractivity contribution >= 4 is 17.6 Å². The van der Waals surface area contributed by atoms with E-state index in [1.54, 1.807) is 23.6 Å². The van der Waals surface area contributed by atoms with E-state index in [9.17, 15) is 4.79 Å². The van der Waals surface area contributed by atoms with E-state index in [1.165, 1.54) is 0 Å². The Morgan fingerprint density at radius 2 is 2.23 bits per heavy atom. The molecule has 1 aliphatic heterocycles. The number of hydrogen-bond acceptors (Lipinski definition) is 5. The Morgan fingerprint density at radius 3 is 2.92 bits per heavy atom. The van der Waals surface area contributed by atoms with Crippen LogP contribution in [0.25, 0.3) is 11.1 Å². The first-order chi connectivity index (χ1) is 12.6. The fourth-order valence-electron chi connectivity index (χ4n) is 3.09. The van der Waals surface area contributed by atoms with Crippen LogP contribution in [0, 0.1) is 6.92 Å². The lowest BCUT2D eigenvalue weighted by atomic mass is 10.0. The lowest BCUT2D eigenvalue weighted by Crippen LogP contribution is -2.28. The molecule has 1 N–H and O–H groups in total. The Hall–Kier alpha value is -1.92. The van der Waals surface area contributed by atoms with E-state index in [-0.39, 0.29) is 11.7 Å². The van der Waals surface area contributed by atoms with Crippen LogP contribution in [0.3, 0.4) is 0 Å². The molecular formula is C20H26N2O3S. The smallest absolute Gasteiger partial charge is 0.253 e. The van der Waals surface area contributed by atoms with Gasteiger partial charge >= 0.3 is 0 Å². The highest BCUT2D eigenvalue weighted by Crippen LogP contribution is 2.34. The van der Waals surface area contributed by atoms with Crippen LogP contribution in [-0.4, -0.2) is 29.6 Å². The molecule has 140 valence electrons. The number of rotatable bonds is 6. The van der Waals surface area contributed by atoms with Gasteiger partial charge in [0.15, 0.2) is 0 Å². The number of ether oxygens (including phenoxy) is 2. The van der Waals surface area contributed by atoms with Crippen LogP contribution in [0.4, 0.5) is 5.69 Å². The van der Waals surface area contributed by atoms with Gasteiger partial charge in [0, 0.05) is 48.0 Å². The molecule has 1 aromatic heterocycles. The summed E-state index contributed by atoms with van der Waals surface area (Å²) in [6, 6.07) is 8.04. The van der Waals surface area contributed by atoms with E-state index in [0.29, 0.717) is 6.61 Å². The van der Waals surface area contributed by atoms with E-state index in [1.807, 2.05) is 31.3 Å². The van der Waals surface area contributed by atoms with Crippen molar-refractivity contribution in [1.82, 2.24) is 4.57 Å². The van der Waals surface area contributed by atoms with Crippen molar-refractivity contribution in [1.29, 1.82) is 0 Å². The second-order valence-corrected chi connectivity index (χ2v) is 7.60. The fourth-order valence-corrected chi connectivity index (χ4v) is 3.52. The van der Waals surface area contributed by atoms with Crippen molar-refractivity contribution in [2.45, 2.75) is 32.8 Å². The third-order valence-electron chi connectivity index (χ3n) is 4.40. The predicted octanol–water partition coefficient (Wildman–Crippen LogP) is 4.00. The Kier molecular flexibility index (Phi) is 6.27. The monoisotopic (exact) mass is 374 g/mol. The Balaban J connectivity index is 1.99. The van der Waals surface area contributed by atoms with Crippen molar-refractivity contribution in [3.63, 3.8) is 0 Å². The third kappa shape index (κ3) is 4.43. The summed E-state index contributed by atoms with van der Waals surface area (Å²) in [5.41, 5.74) is 3.72. The molecule has 1 atom stereocenters. The number of anilines is 1. The van der Waals surface area contributed by atoms with Crippen molar-refractivity contribution in [3.8, 4) is 16.9 Å². The minimum atomic E-state index is 0.0210. The lowest BCUT2D eigenvalue weighted by molar-refractivity contribution is 0.00768. The maximum Gasteiger partial charge on any atom is 0.253 e. The molecule has 0 saturated carbocycles. The van der Waals surface area contributed by atoms with Gasteiger partial charge < -0.3 is 18.8 Å². The minimum absolute atomic E-state index is 0.0210. The van der Waals surface area contributed by atoms with Gasteiger partial charge in [-0.1, -0.05) is 18.9 Å². The zero-order chi connectivity index (χ0) is 18.5. The number of aromatic nitrogens is 1. The second-order valence-electron chi connectivity index (χ2n) is 6.53. The summed E-state index contributed by atoms with van der Waals surface area (Å²) in [5, 5.41) is 0. The number of aryl methyl sites for hydroxylation is 2. The molecule has 1 aliphatic rings. The van der Waals surface area contributed by atoms with Crippen LogP contribution in [0.5, 0.6) is 5.75 Å². The summed E-state index contributed by atoms with van der Waals surface area (Å²) in [5.74, 6) is 1.80. The highest BCUT2D eigenvalue weighted by atomic mass is 32.2. The molecule has 3 rings (SSSR count). The standard InChI is InChI=1S/C20H26N2O3S/c1-4-26-21-16-7-8-19(25-17-6-5-9-24-13-17)18(11-16)15-10-14(2)20(23)22(3)12-15/h7-8,10-12,17,21H,4-6,9,13H2,1-3H3. The van der Waals surface area contributed by atoms with Gasteiger partial charge in [0.05, 0.1) is 6.61 Å². The Morgan fingerprint density at radius 1 is 1.38 bits per heavy atom. The lowest BCUT2D eigenvalue weighted by Gasteiger charge is -2.25. The summed E-state index contributed by atoms with van der Waals surface area (Å²) in [4.78, 5) is 12.1. The number of nitrogens with zero attached hydrogens (tertiary/aromatic N) is 1. The summed E-state index contributed by atoms with van der Waals surface area (Å²) in [6.07, 6.45) is 3.95. The molecular weight excluding hydrogens is 348 g/mol. The highest BCUT2D eigenvalue weighted by molar-refractivity contribution is 8.00. The summed E-state index contributed by atoms with van der Waals surface area (Å²) < 4.78 is 16.8. The van der Waals surface area contributed by atoms with Crippen molar-refractivity contribution in [2.24, 2.45) is 7.05 Å². The first-order valence-electron chi connectivity index (χ1n) is 9.02. The van der Waals surface area contributed by atoms with Gasteiger partial charge in [-0.15, -0.1) is 0 Å². The molecule has 6 heteroatoms. The molecule has 0 aliphatic carbocycles. The number of nitrogens with one attached hydrogen (secondary N) is 1. The van der Waals surface area contributed by atoms with E-state index in [0.717, 1.165) is 53.3 Å². The first-order valence-corrected chi connectivity index (χ1v) is 10.0. The highest BCUT2D eigenvalue weighted by Gasteiger charge is 2.18. The molecule has 0 radical (unpaired) electrons. The molecule has 26 heavy (non-hydrogen) atoms. The molecule has 0 bridgehead atoms. The van der Waals surface area contributed by atoms with Gasteiger partial charge in [-0.2, -0.15) is 0 Å². The SMILES string of the molecule is CCSNc1ccc(OC2CCCOC2)c(-c2cc(C)c(=O)n(C)c2)c1. The topological polar surface area (TPSA) is 52.5 Å². The quantitative estimate of drug-likeness (QED) is 0.775. The number of benzene rings is 1. The Labute approximate surface area is 158 Å². The maximum atomic E-state index is 12.1. The van der Waals surface area contributed by atoms with E-state index in [4.69, 9.17) is 9.47 Å². The summed E-state index contributed by atoms with van der Waals surface area (Å²) in [7, 11) is 1.78. The van der Waals surface area contributed by atoms with Gasteiger partial charge in [0.25, 0.3) is 5.56 Å². The van der Waals surface area contributed by atoms with Crippen molar-refractivity contribution in [2.75, 3.05) is 23.7 Å². The van der Waals surface area contributed by atoms with E-state index >= 15 is 0 Å². The van der Waals surface area contributed by atoms with Gasteiger partial charge in [0.1, 0.15) is 11.9 Å². The first kappa shape index (κ1) is 18.9. The van der Waals surface area contributed by atoms with Gasteiger partial charge in [-0.3, -0.25) is 4.79 Å². The molecule has 2 aromatic rings. The molecule has 0 spiro atoms. The molecule has 1 fully saturated rings. The maximum absolute atomic E-state index is 12.1. The minimum Gasteiger partial charge on any atom is -0.487 e. The molecule has 2 heterocycles. The second kappa shape index (κ2) is 8.64. The van der Waals surface area contributed by atoms with Gasteiger partial charge in [0.2, 0.25) is 0 Å². The summed E-state index contributed by atoms with van der Waals surface area (Å²) >= 11 is 1.65. The fraction of sp³-hybridized carbons (Fsp3) is 0.450. The number of hydrogen-bond donors (Lipinski definition) is 1. The van der Waals surface area contributed by atoms with Gasteiger partial charge in [-0.25, -0.2) is 0 Å². The zero-order valence-electron chi connectivity index (χ0n) is 15.6. The predicted molar refractivity (Wildman–Crippen MR) is 108 cm³/mol. The van der Waals surface area contributed by atoms with Crippen LogP contribution < -0.4 is 15.0 Å². The molecule has 5 nitrogen and oxygen atoms in total. The van der Waals surface area contributed by atoms with Crippen molar-refractivity contribution < 1.29 is 9.47 Å². The van der Waals surface area contributed by atoms with Gasteiger partial charge in [-0.05, 0) is 44.0 Å². The number of pyridine rings is 1. The molecule has 1 aromatic carbocycles. The van der Waals surface area contributed by atoms with Crippen LogP contribution in [-0.2, 0) is 11.8 Å². The van der Waals surface area contributed by atoms with Crippen molar-refractivity contribution in [3.05, 3.63) is 46.4 Å². The summed E-state index contributed by atoms with van der Waals surface area (Å²) in [6.45, 7) is 5.38. The van der Waals surface area contributed by atoms with Crippen LogP contribution in [0.2, 0.25) is 0 Å². The van der Waals surface area contributed by atoms with E-state index in [2.05, 4.69) is 17.7 Å². The van der Waals surface area contributed by atoms with Crippen LogP contribution >= 0.6 is 11.9 Å². The normalized spacial score (nSPS) is 17.1. The largest absolute Gasteiger partial charge is 0.487 e. The average molecular weight is 375 g/mol.